The van der Waals surface area contributed by atoms with Crippen molar-refractivity contribution in [2.45, 2.75) is 13.1 Å². The molecule has 0 radical (unpaired) electrons. The third-order valence-electron chi connectivity index (χ3n) is 4.97. The van der Waals surface area contributed by atoms with Gasteiger partial charge in [-0.25, -0.2) is 4.79 Å². The highest BCUT2D eigenvalue weighted by Crippen LogP contribution is 2.23. The molecule has 1 amide bonds. The maximum Gasteiger partial charge on any atom is 0.341 e. The highest BCUT2D eigenvalue weighted by atomic mass is 16.6. The lowest BCUT2D eigenvalue weighted by atomic mass is 10.1. The molecule has 3 aromatic rings. The van der Waals surface area contributed by atoms with Gasteiger partial charge in [0, 0.05) is 37.5 Å². The molecule has 0 bridgehead atoms. The number of benzene rings is 3. The minimum absolute atomic E-state index is 0.0897. The van der Waals surface area contributed by atoms with Crippen molar-refractivity contribution in [2.75, 3.05) is 25.1 Å². The molecule has 0 unspecified atom stereocenters. The van der Waals surface area contributed by atoms with Gasteiger partial charge in [-0.2, -0.15) is 0 Å². The maximum absolute atomic E-state index is 13.0. The van der Waals surface area contributed by atoms with Gasteiger partial charge >= 0.3 is 5.97 Å². The van der Waals surface area contributed by atoms with Crippen LogP contribution in [-0.2, 0) is 22.6 Å². The van der Waals surface area contributed by atoms with Gasteiger partial charge < -0.3 is 20.1 Å². The first-order valence-electron chi connectivity index (χ1n) is 10.6. The summed E-state index contributed by atoms with van der Waals surface area (Å²) in [6, 6.07) is 22.6. The van der Waals surface area contributed by atoms with Crippen LogP contribution in [0.3, 0.4) is 0 Å². The van der Waals surface area contributed by atoms with Crippen LogP contribution in [0.25, 0.3) is 0 Å². The van der Waals surface area contributed by atoms with Gasteiger partial charge in [0.05, 0.1) is 17.1 Å². The molecule has 9 nitrogen and oxygen atoms in total. The van der Waals surface area contributed by atoms with E-state index < -0.39 is 23.4 Å². The Morgan fingerprint density at radius 3 is 2.06 bits per heavy atom. The second-order valence-corrected chi connectivity index (χ2v) is 7.43. The largest absolute Gasteiger partial charge is 0.452 e. The summed E-state index contributed by atoms with van der Waals surface area (Å²) >= 11 is 0. The molecule has 0 saturated carbocycles. The molecule has 176 valence electrons. The summed E-state index contributed by atoms with van der Waals surface area (Å²) in [5.41, 5.74) is 1.73. The number of non-ortho nitro benzene ring substituents is 1. The first-order valence-corrected chi connectivity index (χ1v) is 10.6. The molecule has 0 atom stereocenters. The zero-order chi connectivity index (χ0) is 24.3. The van der Waals surface area contributed by atoms with Crippen molar-refractivity contribution in [2.24, 2.45) is 0 Å². The first-order chi connectivity index (χ1) is 16.5. The predicted octanol–water partition coefficient (Wildman–Crippen LogP) is 3.38. The van der Waals surface area contributed by atoms with Gasteiger partial charge in [-0.1, -0.05) is 60.7 Å². The Balaban J connectivity index is 1.74. The van der Waals surface area contributed by atoms with Gasteiger partial charge in [-0.15, -0.1) is 0 Å². The highest BCUT2D eigenvalue weighted by Gasteiger charge is 2.21. The summed E-state index contributed by atoms with van der Waals surface area (Å²) in [6.07, 6.45) is 0. The average molecular weight is 463 g/mol. The molecule has 0 aliphatic heterocycles. The van der Waals surface area contributed by atoms with Crippen LogP contribution in [0.15, 0.2) is 78.9 Å². The molecule has 9 heteroatoms. The Kier molecular flexibility index (Phi) is 8.70. The molecular weight excluding hydrogens is 438 g/mol. The zero-order valence-corrected chi connectivity index (χ0v) is 18.4. The third-order valence-corrected chi connectivity index (χ3v) is 4.97. The minimum Gasteiger partial charge on any atom is -0.452 e. The van der Waals surface area contributed by atoms with E-state index in [1.807, 2.05) is 60.7 Å². The Bertz CT molecular complexity index is 1080. The van der Waals surface area contributed by atoms with Crippen molar-refractivity contribution in [3.63, 3.8) is 0 Å². The fraction of sp³-hybridized carbons (Fsp3) is 0.200. The zero-order valence-electron chi connectivity index (χ0n) is 18.4. The van der Waals surface area contributed by atoms with Gasteiger partial charge in [0.15, 0.2) is 6.61 Å². The van der Waals surface area contributed by atoms with Crippen molar-refractivity contribution in [1.82, 2.24) is 4.90 Å². The molecule has 0 aliphatic carbocycles. The number of aliphatic hydroxyl groups excluding tert-OH is 1. The molecule has 3 rings (SSSR count). The van der Waals surface area contributed by atoms with Crippen molar-refractivity contribution < 1.29 is 24.4 Å². The average Bonchev–Trinajstić information content (AvgIpc) is 2.86. The molecule has 0 aliphatic rings. The number of hydrogen-bond donors (Lipinski definition) is 2. The second kappa shape index (κ2) is 12.1. The number of aliphatic hydroxyl groups is 1. The smallest absolute Gasteiger partial charge is 0.341 e. The number of hydrogen-bond acceptors (Lipinski definition) is 7. The minimum atomic E-state index is -0.878. The van der Waals surface area contributed by atoms with E-state index in [0.29, 0.717) is 13.1 Å². The summed E-state index contributed by atoms with van der Waals surface area (Å²) in [5.74, 6) is -1.28. The number of ether oxygens (including phenoxy) is 1. The molecule has 3 aromatic carbocycles. The van der Waals surface area contributed by atoms with Gasteiger partial charge in [0.25, 0.3) is 11.6 Å². The van der Waals surface area contributed by atoms with E-state index in [0.717, 1.165) is 17.2 Å². The predicted molar refractivity (Wildman–Crippen MR) is 126 cm³/mol. The molecule has 0 spiro atoms. The van der Waals surface area contributed by atoms with E-state index in [1.54, 1.807) is 4.90 Å². The summed E-state index contributed by atoms with van der Waals surface area (Å²) in [6.45, 7) is 0.0654. The summed E-state index contributed by atoms with van der Waals surface area (Å²) < 4.78 is 5.25. The van der Waals surface area contributed by atoms with Crippen LogP contribution < -0.4 is 5.32 Å². The van der Waals surface area contributed by atoms with E-state index in [2.05, 4.69) is 5.32 Å². The highest BCUT2D eigenvalue weighted by molar-refractivity contribution is 5.97. The molecule has 0 heterocycles. The van der Waals surface area contributed by atoms with E-state index in [1.165, 1.54) is 12.1 Å². The number of amides is 1. The number of carbonyl (C=O) groups excluding carboxylic acids is 2. The molecule has 0 fully saturated rings. The molecule has 0 saturated heterocycles. The van der Waals surface area contributed by atoms with Crippen molar-refractivity contribution in [3.05, 3.63) is 106 Å². The van der Waals surface area contributed by atoms with Crippen LogP contribution in [0, 0.1) is 10.1 Å². The fourth-order valence-corrected chi connectivity index (χ4v) is 3.30. The van der Waals surface area contributed by atoms with Crippen LogP contribution in [0.5, 0.6) is 0 Å². The normalized spacial score (nSPS) is 10.4. The SMILES string of the molecule is O=C(OCC(=O)N(Cc1ccccc1)Cc1ccccc1)c1cc([N+](=O)[O-])ccc1NCCO. The summed E-state index contributed by atoms with van der Waals surface area (Å²) in [4.78, 5) is 37.8. The van der Waals surface area contributed by atoms with Crippen LogP contribution in [0.2, 0.25) is 0 Å². The molecule has 34 heavy (non-hydrogen) atoms. The fourth-order valence-electron chi connectivity index (χ4n) is 3.30. The lowest BCUT2D eigenvalue weighted by Crippen LogP contribution is -2.34. The lowest BCUT2D eigenvalue weighted by Gasteiger charge is -2.23. The van der Waals surface area contributed by atoms with Crippen LogP contribution in [0.1, 0.15) is 21.5 Å². The number of rotatable bonds is 11. The maximum atomic E-state index is 13.0. The van der Waals surface area contributed by atoms with Crippen molar-refractivity contribution >= 4 is 23.3 Å². The Labute approximate surface area is 196 Å². The number of nitrogens with zero attached hydrogens (tertiary/aromatic N) is 2. The van der Waals surface area contributed by atoms with Gasteiger partial charge in [0.2, 0.25) is 0 Å². The molecule has 0 aromatic heterocycles. The monoisotopic (exact) mass is 463 g/mol. The van der Waals surface area contributed by atoms with Crippen LogP contribution in [0.4, 0.5) is 11.4 Å². The summed E-state index contributed by atoms with van der Waals surface area (Å²) in [5, 5.41) is 23.0. The van der Waals surface area contributed by atoms with Gasteiger partial charge in [-0.05, 0) is 17.2 Å². The molecule has 2 N–H and O–H groups in total. The Morgan fingerprint density at radius 1 is 0.941 bits per heavy atom. The van der Waals surface area contributed by atoms with Gasteiger partial charge in [0.1, 0.15) is 0 Å². The number of nitro benzene ring substituents is 1. The third kappa shape index (κ3) is 6.88. The van der Waals surface area contributed by atoms with E-state index in [4.69, 9.17) is 9.84 Å². The van der Waals surface area contributed by atoms with Crippen molar-refractivity contribution in [1.29, 1.82) is 0 Å². The quantitative estimate of drug-likeness (QED) is 0.254. The second-order valence-electron chi connectivity index (χ2n) is 7.43. The lowest BCUT2D eigenvalue weighted by molar-refractivity contribution is -0.384. The van der Waals surface area contributed by atoms with E-state index in [9.17, 15) is 19.7 Å². The number of nitrogens with one attached hydrogen (secondary N) is 1. The summed E-state index contributed by atoms with van der Waals surface area (Å²) in [7, 11) is 0. The van der Waals surface area contributed by atoms with Crippen LogP contribution in [-0.4, -0.2) is 46.6 Å². The number of anilines is 1. The van der Waals surface area contributed by atoms with Gasteiger partial charge in [-0.3, -0.25) is 14.9 Å². The first kappa shape index (κ1) is 24.4. The Hall–Kier alpha value is -4.24. The Morgan fingerprint density at radius 2 is 1.53 bits per heavy atom. The topological polar surface area (TPSA) is 122 Å². The number of carbonyl (C=O) groups is 2. The standard InChI is InChI=1S/C25H25N3O6/c29-14-13-26-23-12-11-21(28(32)33)15-22(23)25(31)34-18-24(30)27(16-19-7-3-1-4-8-19)17-20-9-5-2-6-10-20/h1-12,15,26,29H,13-14,16-18H2. The number of nitro groups is 1. The van der Waals surface area contributed by atoms with E-state index >= 15 is 0 Å². The van der Waals surface area contributed by atoms with Crippen LogP contribution >= 0.6 is 0 Å². The molecular formula is C25H25N3O6. The number of esters is 1. The van der Waals surface area contributed by atoms with Crippen molar-refractivity contribution in [3.8, 4) is 0 Å². The van der Waals surface area contributed by atoms with E-state index in [-0.39, 0.29) is 30.1 Å².